The van der Waals surface area contributed by atoms with Gasteiger partial charge in [0, 0.05) is 12.4 Å². The van der Waals surface area contributed by atoms with Crippen LogP contribution in [0.15, 0.2) is 36.7 Å². The Hall–Kier alpha value is -1.81. The second-order valence-corrected chi connectivity index (χ2v) is 3.23. The molecule has 0 amide bonds. The minimum atomic E-state index is -0.217. The van der Waals surface area contributed by atoms with Gasteiger partial charge in [-0.3, -0.25) is 0 Å². The predicted octanol–water partition coefficient (Wildman–Crippen LogP) is 1.47. The van der Waals surface area contributed by atoms with Crippen molar-refractivity contribution in [2.75, 3.05) is 7.11 Å². The van der Waals surface area contributed by atoms with E-state index in [1.54, 1.807) is 19.5 Å². The number of hydrogen-bond donors (Lipinski definition) is 2. The summed E-state index contributed by atoms with van der Waals surface area (Å²) < 4.78 is 5.08. The number of H-pyrrole nitrogens is 1. The number of imidazole rings is 1. The maximum atomic E-state index is 6.02. The second-order valence-electron chi connectivity index (χ2n) is 3.23. The quantitative estimate of drug-likeness (QED) is 0.793. The lowest BCUT2D eigenvalue weighted by Gasteiger charge is -2.09. The van der Waals surface area contributed by atoms with Gasteiger partial charge in [0.15, 0.2) is 0 Å². The van der Waals surface area contributed by atoms with E-state index in [0.29, 0.717) is 0 Å². The van der Waals surface area contributed by atoms with Crippen molar-refractivity contribution in [1.29, 1.82) is 0 Å². The van der Waals surface area contributed by atoms with Gasteiger partial charge in [0.1, 0.15) is 11.6 Å². The monoisotopic (exact) mass is 203 g/mol. The van der Waals surface area contributed by atoms with Gasteiger partial charge in [0.2, 0.25) is 0 Å². The molecule has 2 aromatic rings. The van der Waals surface area contributed by atoms with Gasteiger partial charge in [-0.15, -0.1) is 0 Å². The van der Waals surface area contributed by atoms with Crippen LogP contribution in [0.5, 0.6) is 5.75 Å². The molecule has 0 aliphatic carbocycles. The molecule has 1 unspecified atom stereocenters. The number of nitrogens with zero attached hydrogens (tertiary/aromatic N) is 1. The summed E-state index contributed by atoms with van der Waals surface area (Å²) in [7, 11) is 1.64. The lowest BCUT2D eigenvalue weighted by atomic mass is 10.1. The number of hydrogen-bond acceptors (Lipinski definition) is 3. The largest absolute Gasteiger partial charge is 0.497 e. The van der Waals surface area contributed by atoms with Crippen molar-refractivity contribution >= 4 is 0 Å². The predicted molar refractivity (Wildman–Crippen MR) is 57.6 cm³/mol. The van der Waals surface area contributed by atoms with Crippen molar-refractivity contribution in [2.24, 2.45) is 5.73 Å². The third-order valence-corrected chi connectivity index (χ3v) is 2.29. The number of methoxy groups -OCH3 is 1. The minimum Gasteiger partial charge on any atom is -0.497 e. The average Bonchev–Trinajstić information content (AvgIpc) is 2.82. The van der Waals surface area contributed by atoms with Crippen LogP contribution in [0.2, 0.25) is 0 Å². The molecule has 1 aromatic carbocycles. The summed E-state index contributed by atoms with van der Waals surface area (Å²) in [5.74, 6) is 1.59. The number of aromatic amines is 1. The molecule has 3 N–H and O–H groups in total. The number of ether oxygens (including phenoxy) is 1. The first-order chi connectivity index (χ1) is 7.31. The summed E-state index contributed by atoms with van der Waals surface area (Å²) in [6, 6.07) is 7.43. The van der Waals surface area contributed by atoms with E-state index < -0.39 is 0 Å². The van der Waals surface area contributed by atoms with Crippen molar-refractivity contribution < 1.29 is 4.74 Å². The lowest BCUT2D eigenvalue weighted by Crippen LogP contribution is -2.13. The van der Waals surface area contributed by atoms with Gasteiger partial charge >= 0.3 is 0 Å². The molecule has 78 valence electrons. The first kappa shape index (κ1) is 9.73. The zero-order valence-corrected chi connectivity index (χ0v) is 8.47. The van der Waals surface area contributed by atoms with Gasteiger partial charge in [-0.25, -0.2) is 4.98 Å². The third-order valence-electron chi connectivity index (χ3n) is 2.29. The molecule has 0 fully saturated rings. The van der Waals surface area contributed by atoms with Gasteiger partial charge in [-0.05, 0) is 17.7 Å². The van der Waals surface area contributed by atoms with Gasteiger partial charge < -0.3 is 15.5 Å². The first-order valence-corrected chi connectivity index (χ1v) is 4.70. The summed E-state index contributed by atoms with van der Waals surface area (Å²) in [6.45, 7) is 0. The van der Waals surface area contributed by atoms with Crippen LogP contribution in [0.1, 0.15) is 17.4 Å². The number of aromatic nitrogens is 2. The van der Waals surface area contributed by atoms with Crippen LogP contribution in [0.4, 0.5) is 0 Å². The maximum absolute atomic E-state index is 6.02. The fourth-order valence-electron chi connectivity index (χ4n) is 1.42. The molecule has 4 heteroatoms. The van der Waals surface area contributed by atoms with E-state index in [1.165, 1.54) is 0 Å². The SMILES string of the molecule is COc1ccc(C(N)c2ncc[nH]2)cc1. The summed E-state index contributed by atoms with van der Waals surface area (Å²) in [5.41, 5.74) is 7.02. The summed E-state index contributed by atoms with van der Waals surface area (Å²) in [4.78, 5) is 7.12. The van der Waals surface area contributed by atoms with Crippen molar-refractivity contribution in [1.82, 2.24) is 9.97 Å². The fraction of sp³-hybridized carbons (Fsp3) is 0.182. The standard InChI is InChI=1S/C11H13N3O/c1-15-9-4-2-8(3-5-9)10(12)11-13-6-7-14-11/h2-7,10H,12H2,1H3,(H,13,14). The van der Waals surface area contributed by atoms with Gasteiger partial charge in [0.05, 0.1) is 13.2 Å². The van der Waals surface area contributed by atoms with Gasteiger partial charge in [0.25, 0.3) is 0 Å². The van der Waals surface area contributed by atoms with Crippen molar-refractivity contribution in [2.45, 2.75) is 6.04 Å². The van der Waals surface area contributed by atoms with E-state index in [-0.39, 0.29) is 6.04 Å². The highest BCUT2D eigenvalue weighted by Crippen LogP contribution is 2.19. The summed E-state index contributed by atoms with van der Waals surface area (Å²) in [6.07, 6.45) is 3.46. The fourth-order valence-corrected chi connectivity index (χ4v) is 1.42. The summed E-state index contributed by atoms with van der Waals surface area (Å²) >= 11 is 0. The van der Waals surface area contributed by atoms with Crippen LogP contribution in [-0.4, -0.2) is 17.1 Å². The third kappa shape index (κ3) is 1.99. The number of benzene rings is 1. The molecular weight excluding hydrogens is 190 g/mol. The van der Waals surface area contributed by atoms with E-state index in [9.17, 15) is 0 Å². The Bertz CT molecular complexity index is 408. The molecule has 1 heterocycles. The maximum Gasteiger partial charge on any atom is 0.127 e. The molecule has 0 aliphatic rings. The van der Waals surface area contributed by atoms with Crippen LogP contribution in [0.3, 0.4) is 0 Å². The average molecular weight is 203 g/mol. The van der Waals surface area contributed by atoms with E-state index in [2.05, 4.69) is 9.97 Å². The smallest absolute Gasteiger partial charge is 0.127 e. The summed E-state index contributed by atoms with van der Waals surface area (Å²) in [5, 5.41) is 0. The van der Waals surface area contributed by atoms with Crippen LogP contribution in [-0.2, 0) is 0 Å². The molecule has 4 nitrogen and oxygen atoms in total. The Kier molecular flexibility index (Phi) is 2.69. The van der Waals surface area contributed by atoms with E-state index in [4.69, 9.17) is 10.5 Å². The highest BCUT2D eigenvalue weighted by molar-refractivity contribution is 5.31. The zero-order valence-electron chi connectivity index (χ0n) is 8.47. The van der Waals surface area contributed by atoms with E-state index in [1.807, 2.05) is 24.3 Å². The Morgan fingerprint density at radius 3 is 2.60 bits per heavy atom. The molecule has 0 aliphatic heterocycles. The lowest BCUT2D eigenvalue weighted by molar-refractivity contribution is 0.414. The highest BCUT2D eigenvalue weighted by Gasteiger charge is 2.10. The molecule has 0 saturated carbocycles. The topological polar surface area (TPSA) is 63.9 Å². The van der Waals surface area contributed by atoms with Gasteiger partial charge in [-0.1, -0.05) is 12.1 Å². The van der Waals surface area contributed by atoms with Crippen molar-refractivity contribution in [3.05, 3.63) is 48.0 Å². The molecule has 2 rings (SSSR count). The van der Waals surface area contributed by atoms with E-state index in [0.717, 1.165) is 17.1 Å². The Morgan fingerprint density at radius 2 is 2.07 bits per heavy atom. The molecule has 1 aromatic heterocycles. The van der Waals surface area contributed by atoms with Crippen LogP contribution < -0.4 is 10.5 Å². The molecular formula is C11H13N3O. The zero-order chi connectivity index (χ0) is 10.7. The van der Waals surface area contributed by atoms with Crippen LogP contribution in [0, 0.1) is 0 Å². The second kappa shape index (κ2) is 4.14. The van der Waals surface area contributed by atoms with Crippen molar-refractivity contribution in [3.63, 3.8) is 0 Å². The van der Waals surface area contributed by atoms with Crippen molar-refractivity contribution in [3.8, 4) is 5.75 Å². The van der Waals surface area contributed by atoms with E-state index >= 15 is 0 Å². The first-order valence-electron chi connectivity index (χ1n) is 4.70. The molecule has 0 bridgehead atoms. The Labute approximate surface area is 88.1 Å². The number of nitrogens with one attached hydrogen (secondary N) is 1. The molecule has 15 heavy (non-hydrogen) atoms. The minimum absolute atomic E-state index is 0.217. The molecule has 1 atom stereocenters. The molecule has 0 spiro atoms. The van der Waals surface area contributed by atoms with Crippen LogP contribution >= 0.6 is 0 Å². The normalized spacial score (nSPS) is 12.4. The Morgan fingerprint density at radius 1 is 1.33 bits per heavy atom. The van der Waals surface area contributed by atoms with Gasteiger partial charge in [-0.2, -0.15) is 0 Å². The number of nitrogens with two attached hydrogens (primary N) is 1. The number of rotatable bonds is 3. The Balaban J connectivity index is 2.22. The molecule has 0 saturated heterocycles. The highest BCUT2D eigenvalue weighted by atomic mass is 16.5. The van der Waals surface area contributed by atoms with Crippen LogP contribution in [0.25, 0.3) is 0 Å². The molecule has 0 radical (unpaired) electrons.